The molecule has 0 heterocycles. The highest BCUT2D eigenvalue weighted by atomic mass is 16.5. The molecule has 0 amide bonds. The minimum atomic E-state index is -0.0446. The molecule has 0 atom stereocenters. The van der Waals surface area contributed by atoms with Crippen LogP contribution in [0.15, 0.2) is 24.3 Å². The van der Waals surface area contributed by atoms with Crippen LogP contribution >= 0.6 is 0 Å². The summed E-state index contributed by atoms with van der Waals surface area (Å²) in [6, 6.07) is 7.26. The van der Waals surface area contributed by atoms with E-state index in [1.54, 1.807) is 6.07 Å². The molecule has 0 bridgehead atoms. The van der Waals surface area contributed by atoms with Gasteiger partial charge in [0.1, 0.15) is 5.60 Å². The normalized spacial score (nSPS) is 19.3. The molecule has 2 nitrogen and oxygen atoms in total. The largest absolute Gasteiger partial charge is 0.504 e. The Kier molecular flexibility index (Phi) is 3.37. The first-order valence-corrected chi connectivity index (χ1v) is 6.23. The van der Waals surface area contributed by atoms with E-state index in [1.165, 1.54) is 19.3 Å². The molecule has 0 unspecified atom stereocenters. The second-order valence-corrected chi connectivity index (χ2v) is 4.67. The number of benzene rings is 1. The van der Waals surface area contributed by atoms with Crippen molar-refractivity contribution < 1.29 is 9.84 Å². The summed E-state index contributed by atoms with van der Waals surface area (Å²) in [5.74, 6) is 0.882. The van der Waals surface area contributed by atoms with Gasteiger partial charge in [0.25, 0.3) is 0 Å². The van der Waals surface area contributed by atoms with Gasteiger partial charge in [0.2, 0.25) is 0 Å². The van der Waals surface area contributed by atoms with E-state index in [0.29, 0.717) is 5.75 Å². The Morgan fingerprint density at radius 3 is 2.50 bits per heavy atom. The molecule has 0 spiro atoms. The minimum absolute atomic E-state index is 0.0446. The Hall–Kier alpha value is -1.18. The first kappa shape index (κ1) is 11.3. The van der Waals surface area contributed by atoms with Crippen LogP contribution in [0.4, 0.5) is 0 Å². The Balaban J connectivity index is 2.15. The predicted octanol–water partition coefficient (Wildman–Crippen LogP) is 3.88. The summed E-state index contributed by atoms with van der Waals surface area (Å²) in [4.78, 5) is 0. The van der Waals surface area contributed by atoms with E-state index in [9.17, 15) is 5.11 Å². The minimum Gasteiger partial charge on any atom is -0.504 e. The fourth-order valence-electron chi connectivity index (χ4n) is 2.50. The molecule has 1 aliphatic rings. The molecule has 0 aromatic heterocycles. The van der Waals surface area contributed by atoms with Gasteiger partial charge in [-0.25, -0.2) is 0 Å². The van der Waals surface area contributed by atoms with Gasteiger partial charge in [-0.15, -0.1) is 0 Å². The number of rotatable bonds is 3. The maximum absolute atomic E-state index is 9.73. The van der Waals surface area contributed by atoms with Crippen LogP contribution in [0.25, 0.3) is 0 Å². The van der Waals surface area contributed by atoms with Gasteiger partial charge in [0.05, 0.1) is 0 Å². The van der Waals surface area contributed by atoms with Crippen molar-refractivity contribution in [3.8, 4) is 11.5 Å². The van der Waals surface area contributed by atoms with Crippen molar-refractivity contribution in [1.82, 2.24) is 0 Å². The SMILES string of the molecule is CCC1(Oc2ccccc2O)CCCCC1. The fourth-order valence-corrected chi connectivity index (χ4v) is 2.50. The summed E-state index contributed by atoms with van der Waals surface area (Å²) < 4.78 is 6.07. The van der Waals surface area contributed by atoms with Crippen LogP contribution in [0.1, 0.15) is 45.4 Å². The van der Waals surface area contributed by atoms with Crippen molar-refractivity contribution in [3.63, 3.8) is 0 Å². The van der Waals surface area contributed by atoms with Crippen LogP contribution in [0.2, 0.25) is 0 Å². The highest BCUT2D eigenvalue weighted by Crippen LogP contribution is 2.38. The van der Waals surface area contributed by atoms with Gasteiger partial charge in [0.15, 0.2) is 11.5 Å². The van der Waals surface area contributed by atoms with Crippen molar-refractivity contribution in [1.29, 1.82) is 0 Å². The second kappa shape index (κ2) is 4.77. The Morgan fingerprint density at radius 1 is 1.19 bits per heavy atom. The van der Waals surface area contributed by atoms with E-state index in [-0.39, 0.29) is 11.4 Å². The monoisotopic (exact) mass is 220 g/mol. The lowest BCUT2D eigenvalue weighted by Gasteiger charge is -2.37. The summed E-state index contributed by atoms with van der Waals surface area (Å²) in [7, 11) is 0. The molecule has 1 saturated carbocycles. The van der Waals surface area contributed by atoms with Gasteiger partial charge < -0.3 is 9.84 Å². The first-order valence-electron chi connectivity index (χ1n) is 6.23. The van der Waals surface area contributed by atoms with Crippen LogP contribution in [0.5, 0.6) is 11.5 Å². The summed E-state index contributed by atoms with van der Waals surface area (Å²) in [6.07, 6.45) is 7.02. The van der Waals surface area contributed by atoms with E-state index >= 15 is 0 Å². The Labute approximate surface area is 97.3 Å². The molecular formula is C14H20O2. The quantitative estimate of drug-likeness (QED) is 0.837. The summed E-state index contributed by atoms with van der Waals surface area (Å²) >= 11 is 0. The number of hydrogen-bond donors (Lipinski definition) is 1. The maximum Gasteiger partial charge on any atom is 0.161 e. The molecule has 2 heteroatoms. The third-order valence-corrected chi connectivity index (χ3v) is 3.60. The number of hydrogen-bond acceptors (Lipinski definition) is 2. The molecule has 1 aliphatic carbocycles. The van der Waals surface area contributed by atoms with Crippen molar-refractivity contribution in [2.75, 3.05) is 0 Å². The van der Waals surface area contributed by atoms with Crippen LogP contribution in [0.3, 0.4) is 0 Å². The van der Waals surface area contributed by atoms with Crippen molar-refractivity contribution >= 4 is 0 Å². The van der Waals surface area contributed by atoms with Gasteiger partial charge in [-0.2, -0.15) is 0 Å². The Morgan fingerprint density at radius 2 is 1.88 bits per heavy atom. The average Bonchev–Trinajstić information content (AvgIpc) is 2.33. The highest BCUT2D eigenvalue weighted by molar-refractivity contribution is 5.38. The van der Waals surface area contributed by atoms with Gasteiger partial charge in [-0.05, 0) is 44.2 Å². The molecule has 0 aliphatic heterocycles. The molecule has 16 heavy (non-hydrogen) atoms. The first-order chi connectivity index (χ1) is 7.76. The smallest absolute Gasteiger partial charge is 0.161 e. The molecule has 1 fully saturated rings. The molecule has 0 radical (unpaired) electrons. The van der Waals surface area contributed by atoms with Crippen LogP contribution in [-0.2, 0) is 0 Å². The van der Waals surface area contributed by atoms with E-state index in [2.05, 4.69) is 6.92 Å². The number of ether oxygens (including phenoxy) is 1. The predicted molar refractivity (Wildman–Crippen MR) is 64.8 cm³/mol. The lowest BCUT2D eigenvalue weighted by Crippen LogP contribution is -2.37. The molecular weight excluding hydrogens is 200 g/mol. The van der Waals surface area contributed by atoms with Crippen LogP contribution in [-0.4, -0.2) is 10.7 Å². The van der Waals surface area contributed by atoms with Crippen molar-refractivity contribution in [2.45, 2.75) is 51.0 Å². The lowest BCUT2D eigenvalue weighted by atomic mass is 9.82. The average molecular weight is 220 g/mol. The number of aromatic hydroxyl groups is 1. The van der Waals surface area contributed by atoms with E-state index in [4.69, 9.17) is 4.74 Å². The molecule has 88 valence electrons. The lowest BCUT2D eigenvalue weighted by molar-refractivity contribution is 0.0242. The van der Waals surface area contributed by atoms with Gasteiger partial charge in [-0.1, -0.05) is 25.5 Å². The number of para-hydroxylation sites is 2. The fraction of sp³-hybridized carbons (Fsp3) is 0.571. The Bertz CT molecular complexity index is 340. The zero-order chi connectivity index (χ0) is 11.4. The van der Waals surface area contributed by atoms with Gasteiger partial charge >= 0.3 is 0 Å². The van der Waals surface area contributed by atoms with Crippen LogP contribution in [0, 0.1) is 0 Å². The molecule has 1 aromatic carbocycles. The summed E-state index contributed by atoms with van der Waals surface area (Å²) in [6.45, 7) is 2.17. The second-order valence-electron chi connectivity index (χ2n) is 4.67. The third kappa shape index (κ3) is 2.31. The third-order valence-electron chi connectivity index (χ3n) is 3.60. The van der Waals surface area contributed by atoms with Crippen LogP contribution < -0.4 is 4.74 Å². The maximum atomic E-state index is 9.73. The number of phenols is 1. The van der Waals surface area contributed by atoms with E-state index < -0.39 is 0 Å². The topological polar surface area (TPSA) is 29.5 Å². The van der Waals surface area contributed by atoms with E-state index in [1.807, 2.05) is 18.2 Å². The zero-order valence-corrected chi connectivity index (χ0v) is 9.91. The molecule has 0 saturated heterocycles. The standard InChI is InChI=1S/C14H20O2/c1-2-14(10-6-3-7-11-14)16-13-9-5-4-8-12(13)15/h4-5,8-9,15H,2-3,6-7,10-11H2,1H3. The van der Waals surface area contributed by atoms with Gasteiger partial charge in [-0.3, -0.25) is 0 Å². The molecule has 2 rings (SSSR count). The highest BCUT2D eigenvalue weighted by Gasteiger charge is 2.32. The van der Waals surface area contributed by atoms with E-state index in [0.717, 1.165) is 19.3 Å². The van der Waals surface area contributed by atoms with Gasteiger partial charge in [0, 0.05) is 0 Å². The zero-order valence-electron chi connectivity index (χ0n) is 9.91. The summed E-state index contributed by atoms with van der Waals surface area (Å²) in [5, 5.41) is 9.73. The molecule has 1 N–H and O–H groups in total. The summed E-state index contributed by atoms with van der Waals surface area (Å²) in [5.41, 5.74) is -0.0446. The van der Waals surface area contributed by atoms with Crippen molar-refractivity contribution in [3.05, 3.63) is 24.3 Å². The molecule has 1 aromatic rings. The van der Waals surface area contributed by atoms with Crippen molar-refractivity contribution in [2.24, 2.45) is 0 Å². The number of phenolic OH excluding ortho intramolecular Hbond substituents is 1.